The van der Waals surface area contributed by atoms with Gasteiger partial charge >= 0.3 is 0 Å². The first kappa shape index (κ1) is 25.3. The van der Waals surface area contributed by atoms with Crippen molar-refractivity contribution in [3.05, 3.63) is 52.9 Å². The van der Waals surface area contributed by atoms with E-state index in [4.69, 9.17) is 9.73 Å². The Morgan fingerprint density at radius 1 is 1.16 bits per heavy atom. The highest BCUT2D eigenvalue weighted by Gasteiger charge is 2.27. The SMILES string of the molecule is CCNC(=NCC1CCCOC1c1ccc(C)cc1)NC1CCN(c2cccs2)CC1.I. The Kier molecular flexibility index (Phi) is 10.1. The first-order valence-electron chi connectivity index (χ1n) is 11.7. The fourth-order valence-corrected chi connectivity index (χ4v) is 5.36. The Balaban J connectivity index is 0.00000289. The number of aliphatic imine (C=N–C) groups is 1. The van der Waals surface area contributed by atoms with E-state index in [1.807, 2.05) is 11.3 Å². The summed E-state index contributed by atoms with van der Waals surface area (Å²) in [5.74, 6) is 1.37. The van der Waals surface area contributed by atoms with Gasteiger partial charge in [0.1, 0.15) is 0 Å². The molecule has 7 heteroatoms. The highest BCUT2D eigenvalue weighted by Crippen LogP contribution is 2.34. The number of halogens is 1. The summed E-state index contributed by atoms with van der Waals surface area (Å²) >= 11 is 1.83. The molecule has 2 aliphatic rings. The maximum atomic E-state index is 6.19. The minimum atomic E-state index is 0. The molecule has 2 N–H and O–H groups in total. The summed E-state index contributed by atoms with van der Waals surface area (Å²) < 4.78 is 6.19. The molecule has 0 aliphatic carbocycles. The van der Waals surface area contributed by atoms with E-state index in [2.05, 4.69) is 71.2 Å². The average molecular weight is 569 g/mol. The van der Waals surface area contributed by atoms with Gasteiger partial charge in [-0.2, -0.15) is 0 Å². The number of ether oxygens (including phenoxy) is 1. The second kappa shape index (κ2) is 12.8. The second-order valence-electron chi connectivity index (χ2n) is 8.68. The number of rotatable bonds is 6. The Hall–Kier alpha value is -1.32. The fourth-order valence-electron chi connectivity index (χ4n) is 4.57. The van der Waals surface area contributed by atoms with Gasteiger partial charge in [0.2, 0.25) is 0 Å². The quantitative estimate of drug-likeness (QED) is 0.280. The minimum absolute atomic E-state index is 0. The number of guanidine groups is 1. The van der Waals surface area contributed by atoms with E-state index in [1.54, 1.807) is 0 Å². The van der Waals surface area contributed by atoms with Crippen molar-refractivity contribution in [2.24, 2.45) is 10.9 Å². The standard InChI is InChI=1S/C25H36N4OS.HI/c1-3-26-25(28-22-12-14-29(15-13-22)23-7-5-17-31-23)27-18-21-6-4-16-30-24(21)20-10-8-19(2)9-11-20;/h5,7-11,17,21-22,24H,3-4,6,12-16,18H2,1-2H3,(H2,26,27,28);1H. The van der Waals surface area contributed by atoms with Crippen LogP contribution < -0.4 is 15.5 Å². The molecule has 2 aliphatic heterocycles. The smallest absolute Gasteiger partial charge is 0.191 e. The average Bonchev–Trinajstić information content (AvgIpc) is 3.34. The number of nitrogens with zero attached hydrogens (tertiary/aromatic N) is 2. The summed E-state index contributed by atoms with van der Waals surface area (Å²) in [4.78, 5) is 7.49. The van der Waals surface area contributed by atoms with Crippen LogP contribution in [-0.2, 0) is 4.74 Å². The normalized spacial score (nSPS) is 22.3. The molecule has 2 unspecified atom stereocenters. The number of hydrogen-bond acceptors (Lipinski definition) is 4. The van der Waals surface area contributed by atoms with Crippen LogP contribution in [-0.4, -0.2) is 44.8 Å². The Morgan fingerprint density at radius 3 is 2.62 bits per heavy atom. The van der Waals surface area contributed by atoms with Gasteiger partial charge in [-0.25, -0.2) is 0 Å². The number of hydrogen-bond donors (Lipinski definition) is 2. The van der Waals surface area contributed by atoms with Gasteiger partial charge in [0.15, 0.2) is 5.96 Å². The molecule has 176 valence electrons. The Labute approximate surface area is 214 Å². The van der Waals surface area contributed by atoms with Crippen LogP contribution in [0.4, 0.5) is 5.00 Å². The van der Waals surface area contributed by atoms with Crippen molar-refractivity contribution in [3.8, 4) is 0 Å². The van der Waals surface area contributed by atoms with Gasteiger partial charge in [-0.15, -0.1) is 35.3 Å². The molecule has 2 saturated heterocycles. The third kappa shape index (κ3) is 6.84. The molecule has 0 radical (unpaired) electrons. The number of benzene rings is 1. The number of aryl methyl sites for hydroxylation is 1. The molecule has 0 spiro atoms. The molecule has 32 heavy (non-hydrogen) atoms. The van der Waals surface area contributed by atoms with Crippen molar-refractivity contribution < 1.29 is 4.74 Å². The van der Waals surface area contributed by atoms with E-state index in [9.17, 15) is 0 Å². The Morgan fingerprint density at radius 2 is 1.94 bits per heavy atom. The predicted octanol–water partition coefficient (Wildman–Crippen LogP) is 5.37. The lowest BCUT2D eigenvalue weighted by Crippen LogP contribution is -2.48. The molecular formula is C25H37IN4OS. The zero-order valence-electron chi connectivity index (χ0n) is 19.3. The topological polar surface area (TPSA) is 48.9 Å². The summed E-state index contributed by atoms with van der Waals surface area (Å²) in [5.41, 5.74) is 2.57. The van der Waals surface area contributed by atoms with Crippen LogP contribution in [0.1, 0.15) is 49.8 Å². The van der Waals surface area contributed by atoms with Crippen molar-refractivity contribution in [2.75, 3.05) is 37.7 Å². The van der Waals surface area contributed by atoms with Gasteiger partial charge in [-0.1, -0.05) is 29.8 Å². The van der Waals surface area contributed by atoms with E-state index in [0.717, 1.165) is 58.0 Å². The number of thiophene rings is 1. The van der Waals surface area contributed by atoms with Crippen molar-refractivity contribution in [3.63, 3.8) is 0 Å². The van der Waals surface area contributed by atoms with Crippen molar-refractivity contribution in [2.45, 2.75) is 51.7 Å². The van der Waals surface area contributed by atoms with E-state index >= 15 is 0 Å². The molecule has 2 atom stereocenters. The highest BCUT2D eigenvalue weighted by atomic mass is 127. The van der Waals surface area contributed by atoms with Crippen LogP contribution in [0.3, 0.4) is 0 Å². The summed E-state index contributed by atoms with van der Waals surface area (Å²) in [7, 11) is 0. The van der Waals surface area contributed by atoms with E-state index in [0.29, 0.717) is 12.0 Å². The zero-order valence-corrected chi connectivity index (χ0v) is 22.4. The fraction of sp³-hybridized carbons (Fsp3) is 0.560. The number of piperidine rings is 1. The summed E-state index contributed by atoms with van der Waals surface area (Å²) in [6.45, 7) is 8.99. The highest BCUT2D eigenvalue weighted by molar-refractivity contribution is 14.0. The van der Waals surface area contributed by atoms with Crippen molar-refractivity contribution in [1.82, 2.24) is 10.6 Å². The lowest BCUT2D eigenvalue weighted by atomic mass is 9.89. The van der Waals surface area contributed by atoms with Gasteiger partial charge in [0, 0.05) is 44.7 Å². The predicted molar refractivity (Wildman–Crippen MR) is 147 cm³/mol. The molecular weight excluding hydrogens is 531 g/mol. The van der Waals surface area contributed by atoms with Crippen LogP contribution in [0.25, 0.3) is 0 Å². The van der Waals surface area contributed by atoms with Crippen molar-refractivity contribution >= 4 is 46.3 Å². The van der Waals surface area contributed by atoms with Crippen LogP contribution in [0.15, 0.2) is 46.8 Å². The molecule has 2 fully saturated rings. The lowest BCUT2D eigenvalue weighted by Gasteiger charge is -2.34. The van der Waals surface area contributed by atoms with E-state index < -0.39 is 0 Å². The van der Waals surface area contributed by atoms with Crippen LogP contribution in [0, 0.1) is 12.8 Å². The molecule has 5 nitrogen and oxygen atoms in total. The first-order chi connectivity index (χ1) is 15.2. The molecule has 0 amide bonds. The third-order valence-corrected chi connectivity index (χ3v) is 7.26. The summed E-state index contributed by atoms with van der Waals surface area (Å²) in [5, 5.41) is 10.7. The Bertz CT molecular complexity index is 819. The third-order valence-electron chi connectivity index (χ3n) is 6.33. The molecule has 0 bridgehead atoms. The van der Waals surface area contributed by atoms with Crippen molar-refractivity contribution in [1.29, 1.82) is 0 Å². The van der Waals surface area contributed by atoms with Gasteiger partial charge in [-0.05, 0) is 62.6 Å². The zero-order chi connectivity index (χ0) is 21.5. The largest absolute Gasteiger partial charge is 0.373 e. The van der Waals surface area contributed by atoms with Gasteiger partial charge in [0.05, 0.1) is 11.1 Å². The monoisotopic (exact) mass is 568 g/mol. The molecule has 1 aromatic carbocycles. The van der Waals surface area contributed by atoms with Gasteiger partial charge < -0.3 is 20.3 Å². The van der Waals surface area contributed by atoms with Gasteiger partial charge in [-0.3, -0.25) is 4.99 Å². The molecule has 1 aromatic heterocycles. The van der Waals surface area contributed by atoms with Crippen LogP contribution >= 0.6 is 35.3 Å². The van der Waals surface area contributed by atoms with Gasteiger partial charge in [0.25, 0.3) is 0 Å². The molecule has 2 aromatic rings. The maximum Gasteiger partial charge on any atom is 0.191 e. The number of nitrogens with one attached hydrogen (secondary N) is 2. The molecule has 0 saturated carbocycles. The molecule has 4 rings (SSSR count). The molecule has 3 heterocycles. The second-order valence-corrected chi connectivity index (χ2v) is 9.61. The van der Waals surface area contributed by atoms with Crippen LogP contribution in [0.2, 0.25) is 0 Å². The maximum absolute atomic E-state index is 6.19. The summed E-state index contributed by atoms with van der Waals surface area (Å²) in [6.07, 6.45) is 4.71. The van der Waals surface area contributed by atoms with E-state index in [-0.39, 0.29) is 30.1 Å². The lowest BCUT2D eigenvalue weighted by molar-refractivity contribution is -0.0250. The number of anilines is 1. The minimum Gasteiger partial charge on any atom is -0.373 e. The van der Waals surface area contributed by atoms with Crippen LogP contribution in [0.5, 0.6) is 0 Å². The summed E-state index contributed by atoms with van der Waals surface area (Å²) in [6, 6.07) is 13.6. The first-order valence-corrected chi connectivity index (χ1v) is 12.6. The van der Waals surface area contributed by atoms with E-state index in [1.165, 1.54) is 22.5 Å².